The van der Waals surface area contributed by atoms with Crippen LogP contribution in [0.5, 0.6) is 11.5 Å². The van der Waals surface area contributed by atoms with Gasteiger partial charge in [0.25, 0.3) is 0 Å². The third-order valence-corrected chi connectivity index (χ3v) is 4.64. The van der Waals surface area contributed by atoms with E-state index in [-0.39, 0.29) is 18.7 Å². The number of carbonyl (C=O) groups excluding carboxylic acids is 1. The largest absolute Gasteiger partial charge is 0.454 e. The Labute approximate surface area is 135 Å². The van der Waals surface area contributed by atoms with E-state index < -0.39 is 0 Å². The van der Waals surface area contributed by atoms with Crippen LogP contribution in [0.25, 0.3) is 10.9 Å². The van der Waals surface area contributed by atoms with Gasteiger partial charge in [0, 0.05) is 35.1 Å². The van der Waals surface area contributed by atoms with E-state index in [1.54, 1.807) is 0 Å². The van der Waals surface area contributed by atoms with Gasteiger partial charge in [-0.3, -0.25) is 4.79 Å². The van der Waals surface area contributed by atoms with E-state index in [4.69, 9.17) is 9.47 Å². The Balaban J connectivity index is 1.58. The smallest absolute Gasteiger partial charge is 0.231 e. The molecule has 5 nitrogen and oxygen atoms in total. The lowest BCUT2D eigenvalue weighted by atomic mass is 9.91. The summed E-state index contributed by atoms with van der Waals surface area (Å²) < 4.78 is 10.9. The fourth-order valence-electron chi connectivity index (χ4n) is 3.59. The molecule has 0 fully saturated rings. The summed E-state index contributed by atoms with van der Waals surface area (Å²) in [6, 6.07) is 4.30. The van der Waals surface area contributed by atoms with Crippen molar-refractivity contribution in [2.75, 3.05) is 6.79 Å². The number of carbonyl (C=O) groups is 1. The molecule has 1 amide bonds. The molecule has 0 spiro atoms. The van der Waals surface area contributed by atoms with E-state index in [1.165, 1.54) is 16.6 Å². The Morgan fingerprint density at radius 1 is 1.35 bits per heavy atom. The molecule has 1 aliphatic carbocycles. The maximum absolute atomic E-state index is 12.0. The third kappa shape index (κ3) is 2.64. The molecule has 2 heterocycles. The first-order chi connectivity index (χ1) is 11.1. The van der Waals surface area contributed by atoms with Crippen LogP contribution >= 0.6 is 0 Å². The Morgan fingerprint density at radius 3 is 2.91 bits per heavy atom. The average molecular weight is 314 g/mol. The van der Waals surface area contributed by atoms with Gasteiger partial charge in [0.05, 0.1) is 0 Å². The zero-order valence-electron chi connectivity index (χ0n) is 13.6. The highest BCUT2D eigenvalue weighted by Crippen LogP contribution is 2.39. The average Bonchev–Trinajstić information content (AvgIpc) is 3.07. The van der Waals surface area contributed by atoms with Crippen LogP contribution in [0.2, 0.25) is 0 Å². The van der Waals surface area contributed by atoms with Gasteiger partial charge in [-0.25, -0.2) is 0 Å². The molecular weight excluding hydrogens is 292 g/mol. The first-order valence-corrected chi connectivity index (χ1v) is 8.32. The number of amides is 1. The molecule has 23 heavy (non-hydrogen) atoms. The number of aromatic nitrogens is 1. The van der Waals surface area contributed by atoms with Crippen LogP contribution in [-0.2, 0) is 17.6 Å². The monoisotopic (exact) mass is 314 g/mol. The normalized spacial score (nSPS) is 19.2. The van der Waals surface area contributed by atoms with Gasteiger partial charge in [-0.1, -0.05) is 13.8 Å². The van der Waals surface area contributed by atoms with Crippen LogP contribution in [0, 0.1) is 5.92 Å². The van der Waals surface area contributed by atoms with Crippen molar-refractivity contribution in [3.63, 3.8) is 0 Å². The summed E-state index contributed by atoms with van der Waals surface area (Å²) in [5.41, 5.74) is 3.67. The number of nitrogens with one attached hydrogen (secondary N) is 2. The highest BCUT2D eigenvalue weighted by atomic mass is 16.7. The van der Waals surface area contributed by atoms with E-state index in [0.29, 0.717) is 12.3 Å². The predicted molar refractivity (Wildman–Crippen MR) is 87.8 cm³/mol. The van der Waals surface area contributed by atoms with Gasteiger partial charge < -0.3 is 19.8 Å². The summed E-state index contributed by atoms with van der Waals surface area (Å²) in [6.45, 7) is 4.43. The number of benzene rings is 1. The molecular formula is C18H22N2O3. The predicted octanol–water partition coefficient (Wildman–Crippen LogP) is 2.92. The molecule has 5 heteroatoms. The van der Waals surface area contributed by atoms with E-state index in [9.17, 15) is 4.79 Å². The summed E-state index contributed by atoms with van der Waals surface area (Å²) in [7, 11) is 0. The van der Waals surface area contributed by atoms with Crippen molar-refractivity contribution in [3.05, 3.63) is 23.4 Å². The van der Waals surface area contributed by atoms with Crippen molar-refractivity contribution in [1.29, 1.82) is 0 Å². The summed E-state index contributed by atoms with van der Waals surface area (Å²) in [6.07, 6.45) is 3.41. The molecule has 122 valence electrons. The Hall–Kier alpha value is -2.17. The first-order valence-electron chi connectivity index (χ1n) is 8.32. The van der Waals surface area contributed by atoms with Crippen LogP contribution in [0.3, 0.4) is 0 Å². The number of H-pyrrole nitrogens is 1. The first kappa shape index (κ1) is 14.4. The molecule has 0 radical (unpaired) electrons. The van der Waals surface area contributed by atoms with Gasteiger partial charge in [-0.2, -0.15) is 0 Å². The highest BCUT2D eigenvalue weighted by molar-refractivity contribution is 5.88. The van der Waals surface area contributed by atoms with Crippen molar-refractivity contribution in [2.24, 2.45) is 5.92 Å². The third-order valence-electron chi connectivity index (χ3n) is 4.64. The fourth-order valence-corrected chi connectivity index (χ4v) is 3.59. The lowest BCUT2D eigenvalue weighted by Gasteiger charge is -2.24. The summed E-state index contributed by atoms with van der Waals surface area (Å²) in [4.78, 5) is 15.5. The number of fused-ring (bicyclic) bond motifs is 4. The minimum absolute atomic E-state index is 0.158. The van der Waals surface area contributed by atoms with Crippen LogP contribution in [-0.4, -0.2) is 23.7 Å². The molecule has 1 aliphatic heterocycles. The summed E-state index contributed by atoms with van der Waals surface area (Å²) in [5.74, 6) is 2.16. The zero-order chi connectivity index (χ0) is 16.0. The zero-order valence-corrected chi connectivity index (χ0v) is 13.6. The molecule has 0 bridgehead atoms. The lowest BCUT2D eigenvalue weighted by Crippen LogP contribution is -2.39. The van der Waals surface area contributed by atoms with Crippen LogP contribution in [0.4, 0.5) is 0 Å². The van der Waals surface area contributed by atoms with Gasteiger partial charge >= 0.3 is 0 Å². The van der Waals surface area contributed by atoms with Crippen LogP contribution < -0.4 is 14.8 Å². The Kier molecular flexibility index (Phi) is 3.43. The van der Waals surface area contributed by atoms with E-state index in [2.05, 4.69) is 30.2 Å². The van der Waals surface area contributed by atoms with Crippen LogP contribution in [0.15, 0.2) is 12.1 Å². The second kappa shape index (κ2) is 5.48. The number of ether oxygens (including phenoxy) is 2. The molecule has 1 atom stereocenters. The van der Waals surface area contributed by atoms with Gasteiger partial charge in [-0.05, 0) is 36.8 Å². The maximum Gasteiger partial charge on any atom is 0.231 e. The second-order valence-electron chi connectivity index (χ2n) is 6.94. The second-order valence-corrected chi connectivity index (χ2v) is 6.94. The Bertz CT molecular complexity index is 763. The molecule has 2 aromatic rings. The summed E-state index contributed by atoms with van der Waals surface area (Å²) in [5, 5.41) is 4.38. The van der Waals surface area contributed by atoms with Gasteiger partial charge in [0.15, 0.2) is 11.5 Å². The van der Waals surface area contributed by atoms with Crippen molar-refractivity contribution >= 4 is 16.8 Å². The molecule has 1 aromatic carbocycles. The van der Waals surface area contributed by atoms with Crippen molar-refractivity contribution in [3.8, 4) is 11.5 Å². The number of rotatable bonds is 3. The van der Waals surface area contributed by atoms with E-state index >= 15 is 0 Å². The SMILES string of the molecule is CC(C)CC(=O)NC1CCc2[nH]c3cc4c(cc3c2C1)OCO4. The number of aromatic amines is 1. The molecule has 0 saturated heterocycles. The van der Waals surface area contributed by atoms with Crippen molar-refractivity contribution < 1.29 is 14.3 Å². The number of aryl methyl sites for hydroxylation is 1. The molecule has 4 rings (SSSR count). The molecule has 2 N–H and O–H groups in total. The highest BCUT2D eigenvalue weighted by Gasteiger charge is 2.25. The van der Waals surface area contributed by atoms with Crippen molar-refractivity contribution in [1.82, 2.24) is 10.3 Å². The minimum atomic E-state index is 0.158. The maximum atomic E-state index is 12.0. The molecule has 2 aliphatic rings. The molecule has 0 saturated carbocycles. The number of hydrogen-bond acceptors (Lipinski definition) is 3. The Morgan fingerprint density at radius 2 is 2.13 bits per heavy atom. The minimum Gasteiger partial charge on any atom is -0.454 e. The topological polar surface area (TPSA) is 63.4 Å². The van der Waals surface area contributed by atoms with Gasteiger partial charge in [0.2, 0.25) is 12.7 Å². The van der Waals surface area contributed by atoms with Gasteiger partial charge in [0.1, 0.15) is 0 Å². The lowest BCUT2D eigenvalue weighted by molar-refractivity contribution is -0.122. The standard InChI is InChI=1S/C18H22N2O3/c1-10(2)5-18(21)19-11-3-4-14-12(6-11)13-7-16-17(23-9-22-16)8-15(13)20-14/h7-8,10-11,20H,3-6,9H2,1-2H3,(H,19,21). The fraction of sp³-hybridized carbons (Fsp3) is 0.500. The van der Waals surface area contributed by atoms with Crippen LogP contribution in [0.1, 0.15) is 37.9 Å². The number of hydrogen-bond donors (Lipinski definition) is 2. The quantitative estimate of drug-likeness (QED) is 0.915. The molecule has 1 unspecified atom stereocenters. The van der Waals surface area contributed by atoms with Gasteiger partial charge in [-0.15, -0.1) is 0 Å². The molecule has 1 aromatic heterocycles. The summed E-state index contributed by atoms with van der Waals surface area (Å²) >= 11 is 0. The van der Waals surface area contributed by atoms with E-state index in [1.807, 2.05) is 6.07 Å². The van der Waals surface area contributed by atoms with E-state index in [0.717, 1.165) is 36.3 Å². The van der Waals surface area contributed by atoms with Crippen molar-refractivity contribution in [2.45, 2.75) is 45.6 Å².